The molecule has 3 aromatic rings. The maximum atomic E-state index is 13.1. The van der Waals surface area contributed by atoms with Gasteiger partial charge >= 0.3 is 0 Å². The molecule has 0 saturated carbocycles. The summed E-state index contributed by atoms with van der Waals surface area (Å²) in [6, 6.07) is 15.4. The first-order valence-corrected chi connectivity index (χ1v) is 10.9. The Morgan fingerprint density at radius 3 is 2.55 bits per heavy atom. The first-order chi connectivity index (χ1) is 15.9. The normalized spacial score (nSPS) is 10.9. The molecule has 0 aromatic heterocycles. The fourth-order valence-corrected chi connectivity index (χ4v) is 3.51. The molecule has 172 valence electrons. The van der Waals surface area contributed by atoms with Gasteiger partial charge in [-0.3, -0.25) is 4.79 Å². The van der Waals surface area contributed by atoms with E-state index in [4.69, 9.17) is 21.1 Å². The zero-order valence-electron chi connectivity index (χ0n) is 18.8. The molecule has 1 N–H and O–H groups in total. The summed E-state index contributed by atoms with van der Waals surface area (Å²) >= 11 is 6.43. The van der Waals surface area contributed by atoms with Crippen LogP contribution in [0.5, 0.6) is 11.5 Å². The van der Waals surface area contributed by atoms with Crippen LogP contribution in [0, 0.1) is 19.7 Å². The van der Waals surface area contributed by atoms with E-state index in [2.05, 4.69) is 10.5 Å². The number of hydrazone groups is 1. The van der Waals surface area contributed by atoms with Crippen molar-refractivity contribution in [3.8, 4) is 11.5 Å². The van der Waals surface area contributed by atoms with Gasteiger partial charge in [-0.05, 0) is 67.3 Å². The molecule has 33 heavy (non-hydrogen) atoms. The number of amides is 1. The van der Waals surface area contributed by atoms with Crippen molar-refractivity contribution >= 4 is 23.7 Å². The van der Waals surface area contributed by atoms with Gasteiger partial charge in [-0.25, -0.2) is 9.82 Å². The van der Waals surface area contributed by atoms with Gasteiger partial charge in [-0.1, -0.05) is 47.5 Å². The molecular formula is C26H26ClFN2O3. The third-order valence-electron chi connectivity index (χ3n) is 4.88. The third-order valence-corrected chi connectivity index (χ3v) is 5.16. The number of rotatable bonds is 9. The number of nitrogens with zero attached hydrogens (tertiary/aromatic N) is 1. The number of carbonyl (C=O) groups excluding carboxylic acids is 1. The van der Waals surface area contributed by atoms with Gasteiger partial charge in [0.2, 0.25) is 5.91 Å². The molecule has 0 bridgehead atoms. The highest BCUT2D eigenvalue weighted by atomic mass is 35.5. The molecule has 3 aromatic carbocycles. The van der Waals surface area contributed by atoms with E-state index in [0.29, 0.717) is 28.7 Å². The maximum absolute atomic E-state index is 13.1. The monoisotopic (exact) mass is 468 g/mol. The molecule has 0 atom stereocenters. The molecule has 0 aliphatic heterocycles. The van der Waals surface area contributed by atoms with E-state index >= 15 is 0 Å². The summed E-state index contributed by atoms with van der Waals surface area (Å²) in [7, 11) is 0. The Balaban J connectivity index is 1.66. The molecule has 1 amide bonds. The van der Waals surface area contributed by atoms with Gasteiger partial charge in [0.15, 0.2) is 11.5 Å². The highest BCUT2D eigenvalue weighted by molar-refractivity contribution is 6.32. The first-order valence-electron chi connectivity index (χ1n) is 10.6. The van der Waals surface area contributed by atoms with Gasteiger partial charge in [-0.2, -0.15) is 5.10 Å². The summed E-state index contributed by atoms with van der Waals surface area (Å²) in [5, 5.41) is 4.38. The summed E-state index contributed by atoms with van der Waals surface area (Å²) in [5.41, 5.74) is 7.16. The van der Waals surface area contributed by atoms with E-state index in [0.717, 1.165) is 22.3 Å². The molecule has 0 radical (unpaired) electrons. The van der Waals surface area contributed by atoms with Crippen molar-refractivity contribution < 1.29 is 18.7 Å². The van der Waals surface area contributed by atoms with E-state index in [1.165, 1.54) is 18.3 Å². The molecule has 0 spiro atoms. The average molecular weight is 469 g/mol. The molecule has 0 aliphatic rings. The molecule has 5 nitrogen and oxygen atoms in total. The average Bonchev–Trinajstić information content (AvgIpc) is 2.76. The summed E-state index contributed by atoms with van der Waals surface area (Å²) in [6.07, 6.45) is 1.74. The number of ether oxygens (including phenoxy) is 2. The van der Waals surface area contributed by atoms with Crippen LogP contribution in [0.25, 0.3) is 0 Å². The third kappa shape index (κ3) is 7.05. The topological polar surface area (TPSA) is 59.9 Å². The van der Waals surface area contributed by atoms with E-state index in [9.17, 15) is 9.18 Å². The summed E-state index contributed by atoms with van der Waals surface area (Å²) in [4.78, 5) is 12.3. The number of hydrogen-bond acceptors (Lipinski definition) is 4. The number of hydrogen-bond donors (Lipinski definition) is 1. The van der Waals surface area contributed by atoms with E-state index in [-0.39, 0.29) is 24.8 Å². The highest BCUT2D eigenvalue weighted by Crippen LogP contribution is 2.37. The Hall–Kier alpha value is -3.38. The van der Waals surface area contributed by atoms with Gasteiger partial charge in [0.25, 0.3) is 0 Å². The van der Waals surface area contributed by atoms with Gasteiger partial charge in [0.1, 0.15) is 12.4 Å². The van der Waals surface area contributed by atoms with Crippen LogP contribution in [-0.2, 0) is 17.8 Å². The summed E-state index contributed by atoms with van der Waals surface area (Å²) < 4.78 is 24.6. The predicted molar refractivity (Wildman–Crippen MR) is 129 cm³/mol. The lowest BCUT2D eigenvalue weighted by Gasteiger charge is -2.14. The number of aryl methyl sites for hydroxylation is 2. The Bertz CT molecular complexity index is 1150. The van der Waals surface area contributed by atoms with Gasteiger partial charge in [0.05, 0.1) is 24.3 Å². The second kappa shape index (κ2) is 11.5. The lowest BCUT2D eigenvalue weighted by Crippen LogP contribution is -2.20. The van der Waals surface area contributed by atoms with Crippen molar-refractivity contribution in [1.82, 2.24) is 5.43 Å². The van der Waals surface area contributed by atoms with Crippen molar-refractivity contribution in [3.63, 3.8) is 0 Å². The number of carbonyl (C=O) groups is 1. The van der Waals surface area contributed by atoms with Crippen molar-refractivity contribution in [1.29, 1.82) is 0 Å². The smallest absolute Gasteiger partial charge is 0.244 e. The highest BCUT2D eigenvalue weighted by Gasteiger charge is 2.13. The van der Waals surface area contributed by atoms with Crippen LogP contribution in [0.4, 0.5) is 4.39 Å². The Kier molecular flexibility index (Phi) is 8.44. The van der Waals surface area contributed by atoms with Crippen molar-refractivity contribution in [3.05, 3.63) is 93.3 Å². The number of nitrogens with one attached hydrogen (secondary N) is 1. The van der Waals surface area contributed by atoms with Crippen LogP contribution in [0.15, 0.2) is 59.7 Å². The van der Waals surface area contributed by atoms with Gasteiger partial charge in [0, 0.05) is 0 Å². The summed E-state index contributed by atoms with van der Waals surface area (Å²) in [5.74, 6) is 0.319. The zero-order chi connectivity index (χ0) is 23.8. The Morgan fingerprint density at radius 2 is 1.85 bits per heavy atom. The lowest BCUT2D eigenvalue weighted by atomic mass is 10.0. The minimum Gasteiger partial charge on any atom is -0.490 e. The Labute approximate surface area is 198 Å². The van der Waals surface area contributed by atoms with Crippen LogP contribution in [0.1, 0.15) is 34.7 Å². The molecule has 0 fully saturated rings. The van der Waals surface area contributed by atoms with Crippen LogP contribution in [0.2, 0.25) is 5.02 Å². The minimum atomic E-state index is -0.309. The first kappa shape index (κ1) is 24.3. The second-order valence-electron chi connectivity index (χ2n) is 7.58. The fraction of sp³-hybridized carbons (Fsp3) is 0.231. The lowest BCUT2D eigenvalue weighted by molar-refractivity contribution is -0.120. The van der Waals surface area contributed by atoms with E-state index < -0.39 is 0 Å². The van der Waals surface area contributed by atoms with E-state index in [1.54, 1.807) is 24.3 Å². The van der Waals surface area contributed by atoms with Gasteiger partial charge < -0.3 is 9.47 Å². The predicted octanol–water partition coefficient (Wildman–Crippen LogP) is 5.77. The fourth-order valence-electron chi connectivity index (χ4n) is 3.24. The van der Waals surface area contributed by atoms with E-state index in [1.807, 2.05) is 39.0 Å². The Morgan fingerprint density at radius 1 is 1.09 bits per heavy atom. The zero-order valence-corrected chi connectivity index (χ0v) is 19.6. The van der Waals surface area contributed by atoms with Crippen molar-refractivity contribution in [2.45, 2.75) is 33.8 Å². The van der Waals surface area contributed by atoms with Crippen molar-refractivity contribution in [2.75, 3.05) is 6.61 Å². The second-order valence-corrected chi connectivity index (χ2v) is 7.99. The minimum absolute atomic E-state index is 0.210. The van der Waals surface area contributed by atoms with Crippen LogP contribution >= 0.6 is 11.6 Å². The molecule has 0 heterocycles. The van der Waals surface area contributed by atoms with Crippen LogP contribution in [0.3, 0.4) is 0 Å². The number of halogens is 2. The van der Waals surface area contributed by atoms with Crippen molar-refractivity contribution in [2.24, 2.45) is 5.10 Å². The van der Waals surface area contributed by atoms with Crippen LogP contribution in [-0.4, -0.2) is 18.7 Å². The molecule has 0 aliphatic carbocycles. The molecule has 7 heteroatoms. The largest absolute Gasteiger partial charge is 0.490 e. The quantitative estimate of drug-likeness (QED) is 0.320. The standard InChI is InChI=1S/C26H26ClFN2O3/c1-4-32-24-13-20(12-23(27)26(24)33-16-19-6-9-22(28)10-7-19)15-29-30-25(31)14-21-8-5-17(2)11-18(21)3/h5-13,15H,4,14,16H2,1-3H3,(H,30,31)/b29-15-. The maximum Gasteiger partial charge on any atom is 0.244 e. The molecule has 0 unspecified atom stereocenters. The number of benzene rings is 3. The summed E-state index contributed by atoms with van der Waals surface area (Å²) in [6.45, 7) is 6.47. The van der Waals surface area contributed by atoms with Crippen LogP contribution < -0.4 is 14.9 Å². The molecule has 0 saturated heterocycles. The SMILES string of the molecule is CCOc1cc(/C=N\NC(=O)Cc2ccc(C)cc2C)cc(Cl)c1OCc1ccc(F)cc1. The van der Waals surface area contributed by atoms with Gasteiger partial charge in [-0.15, -0.1) is 0 Å². The molecule has 3 rings (SSSR count). The molecular weight excluding hydrogens is 443 g/mol.